The Morgan fingerprint density at radius 2 is 1.90 bits per heavy atom. The molecule has 1 aliphatic rings. The SMILES string of the molecule is Cc1cc(F)ccc1N1CC(C(C)C)NCC1C(C)C. The van der Waals surface area contributed by atoms with Gasteiger partial charge in [-0.25, -0.2) is 4.39 Å². The van der Waals surface area contributed by atoms with Crippen molar-refractivity contribution >= 4 is 5.69 Å². The van der Waals surface area contributed by atoms with E-state index in [-0.39, 0.29) is 5.82 Å². The molecule has 1 saturated heterocycles. The predicted molar refractivity (Wildman–Crippen MR) is 83.7 cm³/mol. The minimum atomic E-state index is -0.150. The monoisotopic (exact) mass is 278 g/mol. The van der Waals surface area contributed by atoms with Gasteiger partial charge in [0.05, 0.1) is 0 Å². The number of hydrogen-bond donors (Lipinski definition) is 1. The Balaban J connectivity index is 2.31. The van der Waals surface area contributed by atoms with E-state index >= 15 is 0 Å². The normalized spacial score (nSPS) is 23.7. The molecule has 2 rings (SSSR count). The van der Waals surface area contributed by atoms with E-state index in [2.05, 4.69) is 37.9 Å². The molecule has 0 aromatic heterocycles. The molecule has 0 aliphatic carbocycles. The highest BCUT2D eigenvalue weighted by Crippen LogP contribution is 2.28. The molecule has 0 spiro atoms. The standard InChI is InChI=1S/C17H27FN2/c1-11(2)15-10-20(17(9-19-15)12(3)4)16-7-6-14(18)8-13(16)5/h6-8,11-12,15,17,19H,9-10H2,1-5H3. The van der Waals surface area contributed by atoms with Crippen LogP contribution in [0.1, 0.15) is 33.3 Å². The molecule has 0 radical (unpaired) electrons. The number of anilines is 1. The van der Waals surface area contributed by atoms with E-state index in [0.717, 1.165) is 18.7 Å². The molecular weight excluding hydrogens is 251 g/mol. The lowest BCUT2D eigenvalue weighted by Crippen LogP contribution is -2.60. The second-order valence-corrected chi connectivity index (χ2v) is 6.65. The largest absolute Gasteiger partial charge is 0.365 e. The van der Waals surface area contributed by atoms with Crippen LogP contribution < -0.4 is 10.2 Å². The number of halogens is 1. The molecule has 2 nitrogen and oxygen atoms in total. The van der Waals surface area contributed by atoms with E-state index in [1.54, 1.807) is 12.1 Å². The van der Waals surface area contributed by atoms with Gasteiger partial charge >= 0.3 is 0 Å². The van der Waals surface area contributed by atoms with Gasteiger partial charge in [-0.2, -0.15) is 0 Å². The van der Waals surface area contributed by atoms with Crippen molar-refractivity contribution in [2.45, 2.75) is 46.7 Å². The van der Waals surface area contributed by atoms with Crippen molar-refractivity contribution in [3.05, 3.63) is 29.6 Å². The molecule has 0 bridgehead atoms. The maximum absolute atomic E-state index is 13.3. The fourth-order valence-corrected chi connectivity index (χ4v) is 3.05. The quantitative estimate of drug-likeness (QED) is 0.909. The van der Waals surface area contributed by atoms with Gasteiger partial charge in [0, 0.05) is 30.9 Å². The third-order valence-electron chi connectivity index (χ3n) is 4.43. The zero-order chi connectivity index (χ0) is 14.9. The Bertz CT molecular complexity index is 456. The molecular formula is C17H27FN2. The van der Waals surface area contributed by atoms with Crippen LogP contribution >= 0.6 is 0 Å². The summed E-state index contributed by atoms with van der Waals surface area (Å²) in [5.74, 6) is 1.02. The Morgan fingerprint density at radius 3 is 2.45 bits per heavy atom. The molecule has 0 saturated carbocycles. The van der Waals surface area contributed by atoms with E-state index in [1.165, 1.54) is 5.69 Å². The summed E-state index contributed by atoms with van der Waals surface area (Å²) in [6.07, 6.45) is 0. The maximum atomic E-state index is 13.3. The second-order valence-electron chi connectivity index (χ2n) is 6.65. The van der Waals surface area contributed by atoms with Gasteiger partial charge in [0.25, 0.3) is 0 Å². The van der Waals surface area contributed by atoms with Crippen molar-refractivity contribution < 1.29 is 4.39 Å². The van der Waals surface area contributed by atoms with Gasteiger partial charge in [0.2, 0.25) is 0 Å². The molecule has 112 valence electrons. The first-order chi connectivity index (χ1) is 9.40. The first-order valence-electron chi connectivity index (χ1n) is 7.66. The van der Waals surface area contributed by atoms with Crippen molar-refractivity contribution in [2.24, 2.45) is 11.8 Å². The minimum Gasteiger partial charge on any atom is -0.365 e. The van der Waals surface area contributed by atoms with E-state index < -0.39 is 0 Å². The molecule has 1 aromatic rings. The third-order valence-corrected chi connectivity index (χ3v) is 4.43. The zero-order valence-corrected chi connectivity index (χ0v) is 13.3. The van der Waals surface area contributed by atoms with Crippen LogP contribution in [-0.4, -0.2) is 25.2 Å². The van der Waals surface area contributed by atoms with Gasteiger partial charge in [-0.05, 0) is 42.5 Å². The summed E-state index contributed by atoms with van der Waals surface area (Å²) in [5, 5.41) is 3.66. The second kappa shape index (κ2) is 6.13. The number of nitrogens with zero attached hydrogens (tertiary/aromatic N) is 1. The van der Waals surface area contributed by atoms with Crippen LogP contribution in [0.2, 0.25) is 0 Å². The van der Waals surface area contributed by atoms with Crippen molar-refractivity contribution in [1.82, 2.24) is 5.32 Å². The lowest BCUT2D eigenvalue weighted by atomic mass is 9.93. The van der Waals surface area contributed by atoms with E-state index in [0.29, 0.717) is 23.9 Å². The Morgan fingerprint density at radius 1 is 1.20 bits per heavy atom. The summed E-state index contributed by atoms with van der Waals surface area (Å²) in [4.78, 5) is 2.47. The topological polar surface area (TPSA) is 15.3 Å². The van der Waals surface area contributed by atoms with Gasteiger partial charge in [0.15, 0.2) is 0 Å². The summed E-state index contributed by atoms with van der Waals surface area (Å²) in [6, 6.07) is 6.11. The van der Waals surface area contributed by atoms with Crippen LogP contribution in [0.3, 0.4) is 0 Å². The van der Waals surface area contributed by atoms with Crippen molar-refractivity contribution in [3.8, 4) is 0 Å². The highest BCUT2D eigenvalue weighted by Gasteiger charge is 2.31. The molecule has 0 amide bonds. The van der Waals surface area contributed by atoms with E-state index in [1.807, 2.05) is 13.0 Å². The number of hydrogen-bond acceptors (Lipinski definition) is 2. The van der Waals surface area contributed by atoms with Crippen LogP contribution in [0, 0.1) is 24.6 Å². The zero-order valence-electron chi connectivity index (χ0n) is 13.3. The number of nitrogens with one attached hydrogen (secondary N) is 1. The van der Waals surface area contributed by atoms with Crippen molar-refractivity contribution in [1.29, 1.82) is 0 Å². The van der Waals surface area contributed by atoms with Crippen LogP contribution in [-0.2, 0) is 0 Å². The average molecular weight is 278 g/mol. The Hall–Kier alpha value is -1.09. The Kier molecular flexibility index (Phi) is 4.69. The molecule has 1 N–H and O–H groups in total. The highest BCUT2D eigenvalue weighted by molar-refractivity contribution is 5.55. The summed E-state index contributed by atoms with van der Waals surface area (Å²) in [5.41, 5.74) is 2.21. The minimum absolute atomic E-state index is 0.150. The fraction of sp³-hybridized carbons (Fsp3) is 0.647. The highest BCUT2D eigenvalue weighted by atomic mass is 19.1. The van der Waals surface area contributed by atoms with E-state index in [9.17, 15) is 4.39 Å². The fourth-order valence-electron chi connectivity index (χ4n) is 3.05. The molecule has 1 heterocycles. The lowest BCUT2D eigenvalue weighted by molar-refractivity contribution is 0.295. The number of benzene rings is 1. The first kappa shape index (κ1) is 15.3. The number of aryl methyl sites for hydroxylation is 1. The van der Waals surface area contributed by atoms with E-state index in [4.69, 9.17) is 0 Å². The van der Waals surface area contributed by atoms with Crippen molar-refractivity contribution in [2.75, 3.05) is 18.0 Å². The van der Waals surface area contributed by atoms with Crippen LogP contribution in [0.4, 0.5) is 10.1 Å². The number of piperazine rings is 1. The molecule has 2 atom stereocenters. The third kappa shape index (κ3) is 3.14. The smallest absolute Gasteiger partial charge is 0.123 e. The van der Waals surface area contributed by atoms with Gasteiger partial charge in [-0.15, -0.1) is 0 Å². The van der Waals surface area contributed by atoms with Crippen molar-refractivity contribution in [3.63, 3.8) is 0 Å². The molecule has 3 heteroatoms. The maximum Gasteiger partial charge on any atom is 0.123 e. The van der Waals surface area contributed by atoms with Crippen LogP contribution in [0.5, 0.6) is 0 Å². The van der Waals surface area contributed by atoms with Crippen LogP contribution in [0.15, 0.2) is 18.2 Å². The van der Waals surface area contributed by atoms with Gasteiger partial charge in [-0.1, -0.05) is 27.7 Å². The van der Waals surface area contributed by atoms with Crippen LogP contribution in [0.25, 0.3) is 0 Å². The molecule has 1 aliphatic heterocycles. The summed E-state index contributed by atoms with van der Waals surface area (Å²) >= 11 is 0. The lowest BCUT2D eigenvalue weighted by Gasteiger charge is -2.45. The summed E-state index contributed by atoms with van der Waals surface area (Å²) in [6.45, 7) is 13.0. The molecule has 1 fully saturated rings. The summed E-state index contributed by atoms with van der Waals surface area (Å²) in [7, 11) is 0. The predicted octanol–water partition coefficient (Wildman–Crippen LogP) is 3.59. The van der Waals surface area contributed by atoms with Gasteiger partial charge in [0.1, 0.15) is 5.82 Å². The van der Waals surface area contributed by atoms with Gasteiger partial charge in [-0.3, -0.25) is 0 Å². The average Bonchev–Trinajstić information content (AvgIpc) is 2.37. The Labute approximate surface area is 122 Å². The number of rotatable bonds is 3. The molecule has 20 heavy (non-hydrogen) atoms. The van der Waals surface area contributed by atoms with Gasteiger partial charge < -0.3 is 10.2 Å². The summed E-state index contributed by atoms with van der Waals surface area (Å²) < 4.78 is 13.3. The molecule has 2 unspecified atom stereocenters. The first-order valence-corrected chi connectivity index (χ1v) is 7.66. The molecule has 1 aromatic carbocycles.